The SMILES string of the molecule is CCOc1ccc(NC(=O)/C(C#N)=C/[C@@H]2CC=CCC2)cc1. The number of nitriles is 1. The van der Waals surface area contributed by atoms with Crippen molar-refractivity contribution in [2.75, 3.05) is 11.9 Å². The van der Waals surface area contributed by atoms with E-state index in [-0.39, 0.29) is 17.4 Å². The van der Waals surface area contributed by atoms with E-state index in [0.29, 0.717) is 12.3 Å². The standard InChI is InChI=1S/C18H20N2O2/c1-2-22-17-10-8-16(9-11-17)20-18(21)15(13-19)12-14-6-4-3-5-7-14/h3-4,8-12,14H,2,5-7H2,1H3,(H,20,21)/b15-12+/t14-/m1/s1. The van der Waals surface area contributed by atoms with E-state index in [1.807, 2.05) is 13.0 Å². The van der Waals surface area contributed by atoms with Gasteiger partial charge in [0.2, 0.25) is 0 Å². The second-order valence-electron chi connectivity index (χ2n) is 5.15. The molecule has 0 aliphatic heterocycles. The van der Waals surface area contributed by atoms with Crippen LogP contribution in [0, 0.1) is 17.2 Å². The molecule has 0 bridgehead atoms. The summed E-state index contributed by atoms with van der Waals surface area (Å²) in [7, 11) is 0. The van der Waals surface area contributed by atoms with Crippen molar-refractivity contribution in [3.8, 4) is 11.8 Å². The molecule has 0 fully saturated rings. The molecular formula is C18H20N2O2. The Hall–Kier alpha value is -2.54. The van der Waals surface area contributed by atoms with Gasteiger partial charge in [-0.15, -0.1) is 0 Å². The zero-order valence-electron chi connectivity index (χ0n) is 12.7. The van der Waals surface area contributed by atoms with E-state index in [4.69, 9.17) is 4.74 Å². The van der Waals surface area contributed by atoms with Gasteiger partial charge in [-0.1, -0.05) is 18.2 Å². The summed E-state index contributed by atoms with van der Waals surface area (Å²) < 4.78 is 5.35. The minimum Gasteiger partial charge on any atom is -0.494 e. The van der Waals surface area contributed by atoms with Crippen molar-refractivity contribution in [1.29, 1.82) is 5.26 Å². The molecule has 1 aromatic rings. The van der Waals surface area contributed by atoms with Crippen LogP contribution in [0.15, 0.2) is 48.1 Å². The zero-order valence-corrected chi connectivity index (χ0v) is 12.7. The molecule has 1 N–H and O–H groups in total. The van der Waals surface area contributed by atoms with Crippen molar-refractivity contribution in [2.24, 2.45) is 5.92 Å². The topological polar surface area (TPSA) is 62.1 Å². The number of allylic oxidation sites excluding steroid dienone is 3. The monoisotopic (exact) mass is 296 g/mol. The first-order chi connectivity index (χ1) is 10.7. The van der Waals surface area contributed by atoms with E-state index in [0.717, 1.165) is 25.0 Å². The molecule has 0 heterocycles. The van der Waals surface area contributed by atoms with Crippen LogP contribution in [0.25, 0.3) is 0 Å². The molecule has 1 aliphatic carbocycles. The van der Waals surface area contributed by atoms with Gasteiger partial charge in [0.15, 0.2) is 0 Å². The molecule has 2 rings (SSSR count). The van der Waals surface area contributed by atoms with Gasteiger partial charge < -0.3 is 10.1 Å². The molecule has 1 aliphatic rings. The molecule has 4 nitrogen and oxygen atoms in total. The summed E-state index contributed by atoms with van der Waals surface area (Å²) in [4.78, 5) is 12.2. The third-order valence-electron chi connectivity index (χ3n) is 3.50. The van der Waals surface area contributed by atoms with E-state index in [2.05, 4.69) is 17.5 Å². The first-order valence-corrected chi connectivity index (χ1v) is 7.54. The fourth-order valence-electron chi connectivity index (χ4n) is 2.37. The lowest BCUT2D eigenvalue weighted by atomic mass is 9.92. The summed E-state index contributed by atoms with van der Waals surface area (Å²) in [5.41, 5.74) is 0.826. The highest BCUT2D eigenvalue weighted by molar-refractivity contribution is 6.06. The average Bonchev–Trinajstić information content (AvgIpc) is 2.55. The quantitative estimate of drug-likeness (QED) is 0.510. The number of amides is 1. The number of ether oxygens (including phenoxy) is 1. The minimum atomic E-state index is -0.360. The van der Waals surface area contributed by atoms with Gasteiger partial charge in [0, 0.05) is 5.69 Å². The molecule has 1 aromatic carbocycles. The Labute approximate surface area is 131 Å². The van der Waals surface area contributed by atoms with Gasteiger partial charge in [-0.2, -0.15) is 5.26 Å². The molecule has 0 spiro atoms. The second-order valence-corrected chi connectivity index (χ2v) is 5.15. The summed E-state index contributed by atoms with van der Waals surface area (Å²) in [6.07, 6.45) is 8.90. The minimum absolute atomic E-state index is 0.175. The maximum Gasteiger partial charge on any atom is 0.265 e. The summed E-state index contributed by atoms with van der Waals surface area (Å²) in [5.74, 6) is 0.664. The van der Waals surface area contributed by atoms with Gasteiger partial charge in [-0.25, -0.2) is 0 Å². The molecule has 114 valence electrons. The van der Waals surface area contributed by atoms with E-state index < -0.39 is 0 Å². The summed E-state index contributed by atoms with van der Waals surface area (Å²) >= 11 is 0. The summed E-state index contributed by atoms with van der Waals surface area (Å²) in [5, 5.41) is 12.0. The maximum atomic E-state index is 12.2. The highest BCUT2D eigenvalue weighted by atomic mass is 16.5. The Morgan fingerprint density at radius 3 is 2.77 bits per heavy atom. The normalized spacial score (nSPS) is 17.6. The van der Waals surface area contributed by atoms with Crippen LogP contribution in [0.4, 0.5) is 5.69 Å². The first kappa shape index (κ1) is 15.8. The Bertz CT molecular complexity index is 609. The van der Waals surface area contributed by atoms with Crippen LogP contribution in [0.5, 0.6) is 5.75 Å². The fraction of sp³-hybridized carbons (Fsp3) is 0.333. The van der Waals surface area contributed by atoms with Crippen molar-refractivity contribution in [2.45, 2.75) is 26.2 Å². The van der Waals surface area contributed by atoms with Crippen LogP contribution >= 0.6 is 0 Å². The smallest absolute Gasteiger partial charge is 0.265 e. The third kappa shape index (κ3) is 4.49. The van der Waals surface area contributed by atoms with E-state index in [1.54, 1.807) is 30.3 Å². The van der Waals surface area contributed by atoms with Crippen LogP contribution in [-0.2, 0) is 4.79 Å². The molecule has 0 radical (unpaired) electrons. The number of nitrogens with zero attached hydrogens (tertiary/aromatic N) is 1. The van der Waals surface area contributed by atoms with Crippen LogP contribution in [0.1, 0.15) is 26.2 Å². The predicted molar refractivity (Wildman–Crippen MR) is 86.4 cm³/mol. The summed E-state index contributed by atoms with van der Waals surface area (Å²) in [6, 6.07) is 9.12. The molecule has 0 aromatic heterocycles. The van der Waals surface area contributed by atoms with Crippen molar-refractivity contribution in [1.82, 2.24) is 0 Å². The highest BCUT2D eigenvalue weighted by Gasteiger charge is 2.14. The molecule has 0 saturated carbocycles. The fourth-order valence-corrected chi connectivity index (χ4v) is 2.37. The first-order valence-electron chi connectivity index (χ1n) is 7.54. The predicted octanol–water partition coefficient (Wildman–Crippen LogP) is 3.83. The molecule has 0 saturated heterocycles. The molecular weight excluding hydrogens is 276 g/mol. The second kappa shape index (κ2) is 8.04. The number of anilines is 1. The number of rotatable bonds is 5. The maximum absolute atomic E-state index is 12.2. The Morgan fingerprint density at radius 1 is 1.41 bits per heavy atom. The lowest BCUT2D eigenvalue weighted by Gasteiger charge is -2.14. The van der Waals surface area contributed by atoms with Gasteiger partial charge in [-0.05, 0) is 56.4 Å². The van der Waals surface area contributed by atoms with Crippen LogP contribution < -0.4 is 10.1 Å². The molecule has 1 atom stereocenters. The van der Waals surface area contributed by atoms with Gasteiger partial charge in [-0.3, -0.25) is 4.79 Å². The van der Waals surface area contributed by atoms with Crippen molar-refractivity contribution < 1.29 is 9.53 Å². The molecule has 4 heteroatoms. The van der Waals surface area contributed by atoms with Crippen LogP contribution in [0.2, 0.25) is 0 Å². The molecule has 22 heavy (non-hydrogen) atoms. The number of carbonyl (C=O) groups is 1. The Morgan fingerprint density at radius 2 is 2.18 bits per heavy atom. The Kier molecular flexibility index (Phi) is 5.79. The lowest BCUT2D eigenvalue weighted by molar-refractivity contribution is -0.112. The number of nitrogens with one attached hydrogen (secondary N) is 1. The van der Waals surface area contributed by atoms with Gasteiger partial charge in [0.1, 0.15) is 17.4 Å². The number of benzene rings is 1. The van der Waals surface area contributed by atoms with E-state index in [1.165, 1.54) is 0 Å². The zero-order chi connectivity index (χ0) is 15.8. The van der Waals surface area contributed by atoms with Gasteiger partial charge in [0.25, 0.3) is 5.91 Å². The molecule has 1 amide bonds. The van der Waals surface area contributed by atoms with Gasteiger partial charge >= 0.3 is 0 Å². The molecule has 0 unspecified atom stereocenters. The van der Waals surface area contributed by atoms with Gasteiger partial charge in [0.05, 0.1) is 6.61 Å². The Balaban J connectivity index is 2.01. The highest BCUT2D eigenvalue weighted by Crippen LogP contribution is 2.21. The summed E-state index contributed by atoms with van der Waals surface area (Å²) in [6.45, 7) is 2.52. The van der Waals surface area contributed by atoms with E-state index in [9.17, 15) is 10.1 Å². The average molecular weight is 296 g/mol. The number of carbonyl (C=O) groups excluding carboxylic acids is 1. The van der Waals surface area contributed by atoms with Crippen molar-refractivity contribution >= 4 is 11.6 Å². The third-order valence-corrected chi connectivity index (χ3v) is 3.50. The van der Waals surface area contributed by atoms with Crippen molar-refractivity contribution in [3.05, 3.63) is 48.1 Å². The van der Waals surface area contributed by atoms with Crippen molar-refractivity contribution in [3.63, 3.8) is 0 Å². The largest absolute Gasteiger partial charge is 0.494 e. The lowest BCUT2D eigenvalue weighted by Crippen LogP contribution is -2.15. The van der Waals surface area contributed by atoms with E-state index >= 15 is 0 Å². The number of hydrogen-bond acceptors (Lipinski definition) is 3. The van der Waals surface area contributed by atoms with Crippen LogP contribution in [0.3, 0.4) is 0 Å². The van der Waals surface area contributed by atoms with Crippen LogP contribution in [-0.4, -0.2) is 12.5 Å². The number of hydrogen-bond donors (Lipinski definition) is 1.